The maximum absolute atomic E-state index is 7.97. The molecule has 0 aromatic rings. The third kappa shape index (κ3) is 8.90. The van der Waals surface area contributed by atoms with E-state index in [1.807, 2.05) is 0 Å². The maximum atomic E-state index is 7.97. The van der Waals surface area contributed by atoms with Crippen LogP contribution in [0.25, 0.3) is 5.32 Å². The first kappa shape index (κ1) is 10.1. The smallest absolute Gasteiger partial charge is 0.0243 e. The molecule has 0 saturated heterocycles. The first-order valence-electron chi connectivity index (χ1n) is 1.58. The second-order valence-corrected chi connectivity index (χ2v) is 0.763. The molecule has 0 aliphatic carbocycles. The van der Waals surface area contributed by atoms with Crippen molar-refractivity contribution in [2.24, 2.45) is 0 Å². The number of hydrogen-bond donors (Lipinski definition) is 1. The van der Waals surface area contributed by atoms with E-state index in [1.165, 1.54) is 0 Å². The van der Waals surface area contributed by atoms with Gasteiger partial charge in [-0.25, -0.2) is 0 Å². The summed E-state index contributed by atoms with van der Waals surface area (Å²) >= 11 is 0. The Morgan fingerprint density at radius 3 is 2.17 bits per heavy atom. The van der Waals surface area contributed by atoms with Crippen LogP contribution >= 0.6 is 0 Å². The summed E-state index contributed by atoms with van der Waals surface area (Å²) in [5.41, 5.74) is 0. The first-order chi connectivity index (χ1) is 2.41. The van der Waals surface area contributed by atoms with Gasteiger partial charge in [0, 0.05) is 39.3 Å². The normalized spacial score (nSPS) is 7.00. The Labute approximate surface area is 63.2 Å². The van der Waals surface area contributed by atoms with E-state index in [-0.39, 0.29) is 39.3 Å². The monoisotopic (exact) mass is 163 g/mol. The first-order valence-corrected chi connectivity index (χ1v) is 1.58. The number of likely N-dealkylation sites (N-methyl/N-ethyl adjacent to an activating group) is 1. The number of aliphatic hydroxyl groups excluding tert-OH is 1. The SMILES string of the molecule is C[N-]CCO.[Y]. The predicted octanol–water partition coefficient (Wildman–Crippen LogP) is -0.0203. The van der Waals surface area contributed by atoms with Gasteiger partial charge in [-0.15, -0.1) is 6.54 Å². The van der Waals surface area contributed by atoms with Gasteiger partial charge in [0.15, 0.2) is 0 Å². The van der Waals surface area contributed by atoms with Crippen LogP contribution in [0.2, 0.25) is 0 Å². The zero-order chi connectivity index (χ0) is 4.12. The van der Waals surface area contributed by atoms with Gasteiger partial charge in [0.05, 0.1) is 0 Å². The maximum Gasteiger partial charge on any atom is 0.0243 e. The molecular formula is C3H8NOY-. The third-order valence-electron chi connectivity index (χ3n) is 0.324. The molecule has 0 rings (SSSR count). The van der Waals surface area contributed by atoms with Crippen LogP contribution in [0.5, 0.6) is 0 Å². The van der Waals surface area contributed by atoms with Gasteiger partial charge >= 0.3 is 0 Å². The van der Waals surface area contributed by atoms with Crippen molar-refractivity contribution in [2.45, 2.75) is 0 Å². The van der Waals surface area contributed by atoms with E-state index in [4.69, 9.17) is 5.11 Å². The molecule has 0 aliphatic rings. The topological polar surface area (TPSA) is 34.3 Å². The summed E-state index contributed by atoms with van der Waals surface area (Å²) in [6.07, 6.45) is 0. The van der Waals surface area contributed by atoms with Crippen LogP contribution < -0.4 is 0 Å². The molecule has 0 bridgehead atoms. The van der Waals surface area contributed by atoms with Crippen LogP contribution in [0, 0.1) is 0 Å². The zero-order valence-electron chi connectivity index (χ0n) is 3.89. The molecule has 0 atom stereocenters. The van der Waals surface area contributed by atoms with Crippen molar-refractivity contribution >= 4 is 0 Å². The van der Waals surface area contributed by atoms with E-state index >= 15 is 0 Å². The summed E-state index contributed by atoms with van der Waals surface area (Å²) < 4.78 is 0. The average Bonchev–Trinajstić information content (AvgIpc) is 1.41. The van der Waals surface area contributed by atoms with Crippen LogP contribution in [0.15, 0.2) is 0 Å². The molecule has 3 heteroatoms. The number of nitrogens with zero attached hydrogens (tertiary/aromatic N) is 1. The Morgan fingerprint density at radius 1 is 1.67 bits per heavy atom. The van der Waals surface area contributed by atoms with Gasteiger partial charge < -0.3 is 10.4 Å². The quantitative estimate of drug-likeness (QED) is 0.609. The molecule has 0 fully saturated rings. The van der Waals surface area contributed by atoms with Crippen LogP contribution in [-0.4, -0.2) is 25.3 Å². The van der Waals surface area contributed by atoms with Gasteiger partial charge in [-0.3, -0.25) is 0 Å². The van der Waals surface area contributed by atoms with Crippen molar-refractivity contribution in [3.05, 3.63) is 5.32 Å². The fraction of sp³-hybridized carbons (Fsp3) is 1.00. The minimum absolute atomic E-state index is 0. The van der Waals surface area contributed by atoms with Crippen molar-refractivity contribution in [3.63, 3.8) is 0 Å². The van der Waals surface area contributed by atoms with E-state index in [0.29, 0.717) is 6.54 Å². The van der Waals surface area contributed by atoms with Crippen LogP contribution in [-0.2, 0) is 32.7 Å². The number of hydrogen-bond acceptors (Lipinski definition) is 1. The van der Waals surface area contributed by atoms with E-state index in [2.05, 4.69) is 5.32 Å². The summed E-state index contributed by atoms with van der Waals surface area (Å²) in [6.45, 7) is 0.747. The standard InChI is InChI=1S/C3H8NO.Y/c1-4-2-3-5;/h5H,2-3H2,1H3;/q-1;. The van der Waals surface area contributed by atoms with Crippen molar-refractivity contribution in [2.75, 3.05) is 20.2 Å². The largest absolute Gasteiger partial charge is 0.663 e. The van der Waals surface area contributed by atoms with Gasteiger partial charge in [-0.2, -0.15) is 7.05 Å². The summed E-state index contributed by atoms with van der Waals surface area (Å²) in [4.78, 5) is 0. The second kappa shape index (κ2) is 9.39. The molecule has 0 aromatic carbocycles. The van der Waals surface area contributed by atoms with Crippen molar-refractivity contribution in [1.82, 2.24) is 0 Å². The fourth-order valence-corrected chi connectivity index (χ4v) is 0.1000. The molecule has 2 nitrogen and oxygen atoms in total. The van der Waals surface area contributed by atoms with Crippen LogP contribution in [0.1, 0.15) is 0 Å². The Balaban J connectivity index is 0. The van der Waals surface area contributed by atoms with Gasteiger partial charge in [0.1, 0.15) is 0 Å². The number of rotatable bonds is 2. The minimum Gasteiger partial charge on any atom is -0.663 e. The second-order valence-electron chi connectivity index (χ2n) is 0.763. The van der Waals surface area contributed by atoms with E-state index < -0.39 is 0 Å². The number of aliphatic hydroxyl groups is 1. The summed E-state index contributed by atoms with van der Waals surface area (Å²) in [5, 5.41) is 11.6. The zero-order valence-corrected chi connectivity index (χ0v) is 6.72. The Kier molecular flexibility index (Phi) is 15.8. The molecule has 0 unspecified atom stereocenters. The van der Waals surface area contributed by atoms with Gasteiger partial charge in [-0.05, 0) is 0 Å². The predicted molar refractivity (Wildman–Crippen MR) is 21.2 cm³/mol. The Bertz CT molecular complexity index is 18.3. The summed E-state index contributed by atoms with van der Waals surface area (Å²) in [5.74, 6) is 0. The molecule has 0 amide bonds. The van der Waals surface area contributed by atoms with Crippen molar-refractivity contribution < 1.29 is 37.8 Å². The fourth-order valence-electron chi connectivity index (χ4n) is 0.1000. The molecule has 0 aliphatic heterocycles. The van der Waals surface area contributed by atoms with Gasteiger partial charge in [0.25, 0.3) is 0 Å². The Morgan fingerprint density at radius 2 is 2.17 bits per heavy atom. The molecule has 1 radical (unpaired) electrons. The molecule has 0 spiro atoms. The summed E-state index contributed by atoms with van der Waals surface area (Å²) in [7, 11) is 1.68. The van der Waals surface area contributed by atoms with Crippen LogP contribution in [0.4, 0.5) is 0 Å². The van der Waals surface area contributed by atoms with Crippen LogP contribution in [0.3, 0.4) is 0 Å². The molecular weight excluding hydrogens is 155 g/mol. The molecule has 0 aromatic heterocycles. The van der Waals surface area contributed by atoms with Gasteiger partial charge in [-0.1, -0.05) is 0 Å². The summed E-state index contributed by atoms with van der Waals surface area (Å²) in [6, 6.07) is 0. The van der Waals surface area contributed by atoms with Crippen molar-refractivity contribution in [1.29, 1.82) is 0 Å². The van der Waals surface area contributed by atoms with E-state index in [1.54, 1.807) is 7.05 Å². The molecule has 0 saturated carbocycles. The molecule has 6 heavy (non-hydrogen) atoms. The van der Waals surface area contributed by atoms with E-state index in [0.717, 1.165) is 0 Å². The molecule has 35 valence electrons. The van der Waals surface area contributed by atoms with Crippen molar-refractivity contribution in [3.8, 4) is 0 Å². The molecule has 0 heterocycles. The Hall–Kier alpha value is 1.02. The average molecular weight is 163 g/mol. The minimum atomic E-state index is 0. The third-order valence-corrected chi connectivity index (χ3v) is 0.324. The van der Waals surface area contributed by atoms with E-state index in [9.17, 15) is 0 Å². The van der Waals surface area contributed by atoms with Gasteiger partial charge in [0.2, 0.25) is 0 Å². The molecule has 1 N–H and O–H groups in total.